The van der Waals surface area contributed by atoms with Crippen LogP contribution in [-0.4, -0.2) is 0 Å². The Bertz CT molecular complexity index is 328. The summed E-state index contributed by atoms with van der Waals surface area (Å²) in [6.07, 6.45) is 11.2. The van der Waals surface area contributed by atoms with Gasteiger partial charge in [0.1, 0.15) is 0 Å². The minimum Gasteiger partial charge on any atom is -0.0654 e. The first-order chi connectivity index (χ1) is 8.83. The first-order valence-corrected chi connectivity index (χ1v) is 7.92. The highest BCUT2D eigenvalue weighted by atomic mass is 14.3. The molecule has 0 unspecified atom stereocenters. The van der Waals surface area contributed by atoms with Crippen LogP contribution in [0.25, 0.3) is 0 Å². The van der Waals surface area contributed by atoms with Crippen LogP contribution in [-0.2, 0) is 6.42 Å². The summed E-state index contributed by atoms with van der Waals surface area (Å²) in [5, 5.41) is 0. The lowest BCUT2D eigenvalue weighted by Crippen LogP contribution is -2.13. The molecule has 0 amide bonds. The van der Waals surface area contributed by atoms with Crippen LogP contribution in [0.5, 0.6) is 0 Å². The van der Waals surface area contributed by atoms with Crippen LogP contribution < -0.4 is 0 Å². The first kappa shape index (κ1) is 13.6. The molecule has 0 saturated heterocycles. The molecule has 0 spiro atoms. The van der Waals surface area contributed by atoms with Gasteiger partial charge in [-0.15, -0.1) is 0 Å². The minimum atomic E-state index is 0.841. The molecule has 0 atom stereocenters. The van der Waals surface area contributed by atoms with Crippen molar-refractivity contribution in [2.45, 2.75) is 71.1 Å². The van der Waals surface area contributed by atoms with E-state index in [1.165, 1.54) is 50.5 Å². The summed E-state index contributed by atoms with van der Waals surface area (Å²) in [4.78, 5) is 0. The SMILES string of the molecule is CCCCC1CCC(c2ccc(CC)cc2)CC1. The Kier molecular flexibility index (Phi) is 5.28. The Morgan fingerprint density at radius 2 is 1.61 bits per heavy atom. The van der Waals surface area contributed by atoms with E-state index in [1.54, 1.807) is 5.56 Å². The highest BCUT2D eigenvalue weighted by molar-refractivity contribution is 5.25. The molecule has 1 aromatic rings. The summed E-state index contributed by atoms with van der Waals surface area (Å²) >= 11 is 0. The van der Waals surface area contributed by atoms with E-state index in [9.17, 15) is 0 Å². The van der Waals surface area contributed by atoms with Crippen molar-refractivity contribution >= 4 is 0 Å². The summed E-state index contributed by atoms with van der Waals surface area (Å²) < 4.78 is 0. The maximum Gasteiger partial charge on any atom is -0.0162 e. The van der Waals surface area contributed by atoms with Crippen molar-refractivity contribution in [1.82, 2.24) is 0 Å². The molecule has 1 aliphatic rings. The summed E-state index contributed by atoms with van der Waals surface area (Å²) in [5.41, 5.74) is 3.05. The lowest BCUT2D eigenvalue weighted by atomic mass is 9.77. The Balaban J connectivity index is 1.84. The minimum absolute atomic E-state index is 0.841. The van der Waals surface area contributed by atoms with E-state index in [-0.39, 0.29) is 0 Å². The van der Waals surface area contributed by atoms with Crippen molar-refractivity contribution < 1.29 is 0 Å². The van der Waals surface area contributed by atoms with Gasteiger partial charge in [0, 0.05) is 0 Å². The molecular formula is C18H28. The average Bonchev–Trinajstić information content (AvgIpc) is 2.46. The first-order valence-electron chi connectivity index (χ1n) is 7.92. The third kappa shape index (κ3) is 3.60. The van der Waals surface area contributed by atoms with E-state index >= 15 is 0 Å². The molecule has 100 valence electrons. The molecule has 1 saturated carbocycles. The molecule has 1 fully saturated rings. The highest BCUT2D eigenvalue weighted by Crippen LogP contribution is 2.37. The topological polar surface area (TPSA) is 0 Å². The number of benzene rings is 1. The number of unbranched alkanes of at least 4 members (excludes halogenated alkanes) is 1. The van der Waals surface area contributed by atoms with Crippen LogP contribution in [0.1, 0.15) is 75.8 Å². The predicted molar refractivity (Wildman–Crippen MR) is 80.0 cm³/mol. The number of hydrogen-bond acceptors (Lipinski definition) is 0. The van der Waals surface area contributed by atoms with Crippen molar-refractivity contribution in [3.05, 3.63) is 35.4 Å². The zero-order chi connectivity index (χ0) is 12.8. The predicted octanol–water partition coefficient (Wildman–Crippen LogP) is 5.71. The molecule has 0 heteroatoms. The Morgan fingerprint density at radius 1 is 0.944 bits per heavy atom. The Morgan fingerprint density at radius 3 is 2.17 bits per heavy atom. The fraction of sp³-hybridized carbons (Fsp3) is 0.667. The highest BCUT2D eigenvalue weighted by Gasteiger charge is 2.21. The molecule has 0 nitrogen and oxygen atoms in total. The lowest BCUT2D eigenvalue weighted by molar-refractivity contribution is 0.304. The van der Waals surface area contributed by atoms with Crippen LogP contribution in [0.4, 0.5) is 0 Å². The third-order valence-corrected chi connectivity index (χ3v) is 4.67. The van der Waals surface area contributed by atoms with Gasteiger partial charge in [0.2, 0.25) is 0 Å². The monoisotopic (exact) mass is 244 g/mol. The van der Waals surface area contributed by atoms with Gasteiger partial charge in [0.15, 0.2) is 0 Å². The van der Waals surface area contributed by atoms with Gasteiger partial charge in [0.05, 0.1) is 0 Å². The summed E-state index contributed by atoms with van der Waals surface area (Å²) in [6.45, 7) is 4.54. The molecule has 1 aliphatic carbocycles. The van der Waals surface area contributed by atoms with Crippen LogP contribution in [0.3, 0.4) is 0 Å². The zero-order valence-corrected chi connectivity index (χ0v) is 12.1. The number of aryl methyl sites for hydroxylation is 1. The van der Waals surface area contributed by atoms with Crippen LogP contribution >= 0.6 is 0 Å². The molecule has 0 aliphatic heterocycles. The fourth-order valence-electron chi connectivity index (χ4n) is 3.30. The lowest BCUT2D eigenvalue weighted by Gasteiger charge is -2.28. The van der Waals surface area contributed by atoms with Crippen molar-refractivity contribution in [1.29, 1.82) is 0 Å². The van der Waals surface area contributed by atoms with Crippen molar-refractivity contribution in [3.63, 3.8) is 0 Å². The van der Waals surface area contributed by atoms with Gasteiger partial charge in [0.25, 0.3) is 0 Å². The standard InChI is InChI=1S/C18H28/c1-3-5-6-16-9-13-18(14-10-16)17-11-7-15(4-2)8-12-17/h7-8,11-12,16,18H,3-6,9-10,13-14H2,1-2H3. The summed E-state index contributed by atoms with van der Waals surface area (Å²) in [5.74, 6) is 1.87. The van der Waals surface area contributed by atoms with Gasteiger partial charge in [-0.05, 0) is 55.1 Å². The third-order valence-electron chi connectivity index (χ3n) is 4.67. The number of hydrogen-bond donors (Lipinski definition) is 0. The summed E-state index contributed by atoms with van der Waals surface area (Å²) in [7, 11) is 0. The number of rotatable bonds is 5. The van der Waals surface area contributed by atoms with Crippen LogP contribution in [0.2, 0.25) is 0 Å². The maximum absolute atomic E-state index is 2.37. The molecule has 0 N–H and O–H groups in total. The van der Waals surface area contributed by atoms with Crippen LogP contribution in [0, 0.1) is 5.92 Å². The Labute approximate surface area is 113 Å². The van der Waals surface area contributed by atoms with Crippen LogP contribution in [0.15, 0.2) is 24.3 Å². The molecule has 0 aromatic heterocycles. The van der Waals surface area contributed by atoms with E-state index in [1.807, 2.05) is 0 Å². The summed E-state index contributed by atoms with van der Waals surface area (Å²) in [6, 6.07) is 9.38. The van der Waals surface area contributed by atoms with E-state index in [2.05, 4.69) is 38.1 Å². The van der Waals surface area contributed by atoms with Gasteiger partial charge < -0.3 is 0 Å². The largest absolute Gasteiger partial charge is 0.0654 e. The average molecular weight is 244 g/mol. The van der Waals surface area contributed by atoms with Gasteiger partial charge >= 0.3 is 0 Å². The Hall–Kier alpha value is -0.780. The zero-order valence-electron chi connectivity index (χ0n) is 12.1. The normalized spacial score (nSPS) is 24.1. The smallest absolute Gasteiger partial charge is 0.0162 e. The fourth-order valence-corrected chi connectivity index (χ4v) is 3.30. The van der Waals surface area contributed by atoms with E-state index in [4.69, 9.17) is 0 Å². The maximum atomic E-state index is 2.37. The van der Waals surface area contributed by atoms with Gasteiger partial charge in [-0.2, -0.15) is 0 Å². The van der Waals surface area contributed by atoms with Crippen molar-refractivity contribution in [2.24, 2.45) is 5.92 Å². The molecular weight excluding hydrogens is 216 g/mol. The second-order valence-electron chi connectivity index (χ2n) is 5.96. The van der Waals surface area contributed by atoms with Gasteiger partial charge in [-0.1, -0.05) is 57.4 Å². The van der Waals surface area contributed by atoms with Crippen molar-refractivity contribution in [2.75, 3.05) is 0 Å². The van der Waals surface area contributed by atoms with Gasteiger partial charge in [-0.3, -0.25) is 0 Å². The molecule has 2 rings (SSSR count). The van der Waals surface area contributed by atoms with E-state index in [0.717, 1.165) is 18.3 Å². The molecule has 0 bridgehead atoms. The molecule has 18 heavy (non-hydrogen) atoms. The quantitative estimate of drug-likeness (QED) is 0.622. The molecule has 1 aromatic carbocycles. The van der Waals surface area contributed by atoms with E-state index < -0.39 is 0 Å². The second-order valence-corrected chi connectivity index (χ2v) is 5.96. The molecule has 0 radical (unpaired) electrons. The molecule has 0 heterocycles. The second kappa shape index (κ2) is 6.97. The van der Waals surface area contributed by atoms with Crippen molar-refractivity contribution in [3.8, 4) is 0 Å². The van der Waals surface area contributed by atoms with E-state index in [0.29, 0.717) is 0 Å². The van der Waals surface area contributed by atoms with Gasteiger partial charge in [-0.25, -0.2) is 0 Å².